The molecule has 158 valence electrons. The van der Waals surface area contributed by atoms with Crippen LogP contribution in [0.4, 0.5) is 17.6 Å². The summed E-state index contributed by atoms with van der Waals surface area (Å²) >= 11 is 0. The lowest BCUT2D eigenvalue weighted by Gasteiger charge is -2.22. The van der Waals surface area contributed by atoms with Crippen molar-refractivity contribution < 1.29 is 9.90 Å². The zero-order chi connectivity index (χ0) is 20.9. The fourth-order valence-corrected chi connectivity index (χ4v) is 4.06. The number of hydrogen-bond donors (Lipinski definition) is 3. The molecule has 3 N–H and O–H groups in total. The summed E-state index contributed by atoms with van der Waals surface area (Å²) in [5.74, 6) is 1.15. The number of tetrazole rings is 1. The van der Waals surface area contributed by atoms with Crippen molar-refractivity contribution in [2.75, 3.05) is 16.8 Å². The number of nitrogens with one attached hydrogen (secondary N) is 2. The Morgan fingerprint density at radius 2 is 2.23 bits per heavy atom. The Labute approximate surface area is 175 Å². The van der Waals surface area contributed by atoms with E-state index in [1.165, 1.54) is 19.2 Å². The maximum absolute atomic E-state index is 12.0. The van der Waals surface area contributed by atoms with E-state index in [1.54, 1.807) is 20.3 Å². The quantitative estimate of drug-likeness (QED) is 0.410. The number of hydrogen-bond acceptors (Lipinski definition) is 9. The van der Waals surface area contributed by atoms with Crippen LogP contribution in [0, 0.1) is 0 Å². The zero-order valence-electron chi connectivity index (χ0n) is 16.3. The minimum Gasteiger partial charge on any atom is -0.480 e. The molecule has 1 aliphatic carbocycles. The van der Waals surface area contributed by atoms with Gasteiger partial charge in [-0.05, 0) is 35.4 Å². The lowest BCUT2D eigenvalue weighted by molar-refractivity contribution is -0.138. The third kappa shape index (κ3) is 3.14. The van der Waals surface area contributed by atoms with E-state index in [0.29, 0.717) is 36.5 Å². The van der Waals surface area contributed by atoms with Crippen LogP contribution < -0.4 is 10.2 Å². The minimum atomic E-state index is -0.942. The van der Waals surface area contributed by atoms with Gasteiger partial charge in [-0.25, -0.2) is 14.0 Å². The van der Waals surface area contributed by atoms with Crippen molar-refractivity contribution in [1.29, 1.82) is 0 Å². The molecule has 2 atom stereocenters. The largest absolute Gasteiger partial charge is 0.480 e. The molecule has 0 unspecified atom stereocenters. The Morgan fingerprint density at radius 1 is 1.32 bits per heavy atom. The summed E-state index contributed by atoms with van der Waals surface area (Å²) in [6, 6.07) is 4.76. The van der Waals surface area contributed by atoms with Crippen LogP contribution in [-0.4, -0.2) is 68.7 Å². The number of H-pyrrole nitrogens is 1. The molecule has 2 fully saturated rings. The molecule has 5 heterocycles. The van der Waals surface area contributed by atoms with Gasteiger partial charge in [-0.2, -0.15) is 10.1 Å². The van der Waals surface area contributed by atoms with E-state index in [-0.39, 0.29) is 6.04 Å². The number of aliphatic carboxylic acids is 1. The SMILES string of the molecule is O=C(O)[C@@H]1C[C@H](n2cnnn2)CN1c1nc(Nc2cc(C3CC3)[nH]n2)c2cccn2n1. The second-order valence-corrected chi connectivity index (χ2v) is 7.89. The fourth-order valence-electron chi connectivity index (χ4n) is 4.06. The normalized spacial score (nSPS) is 21.1. The van der Waals surface area contributed by atoms with E-state index >= 15 is 0 Å². The van der Waals surface area contributed by atoms with Crippen molar-refractivity contribution in [3.8, 4) is 0 Å². The molecule has 1 aliphatic heterocycles. The Bertz CT molecular complexity index is 1240. The molecule has 13 nitrogen and oxygen atoms in total. The summed E-state index contributed by atoms with van der Waals surface area (Å²) in [4.78, 5) is 18.3. The highest BCUT2D eigenvalue weighted by atomic mass is 16.4. The highest BCUT2D eigenvalue weighted by Gasteiger charge is 2.40. The Kier molecular flexibility index (Phi) is 3.88. The van der Waals surface area contributed by atoms with Crippen molar-refractivity contribution in [1.82, 2.24) is 45.0 Å². The van der Waals surface area contributed by atoms with Crippen LogP contribution in [0.2, 0.25) is 0 Å². The van der Waals surface area contributed by atoms with E-state index in [0.717, 1.165) is 11.2 Å². The van der Waals surface area contributed by atoms with E-state index < -0.39 is 12.0 Å². The molecule has 13 heteroatoms. The molecule has 0 spiro atoms. The first kappa shape index (κ1) is 17.8. The summed E-state index contributed by atoms with van der Waals surface area (Å²) in [6.07, 6.45) is 5.99. The summed E-state index contributed by atoms with van der Waals surface area (Å²) in [5, 5.41) is 36.3. The maximum Gasteiger partial charge on any atom is 0.326 e. The molecule has 6 rings (SSSR count). The molecule has 1 saturated heterocycles. The fraction of sp³-hybridized carbons (Fsp3) is 0.389. The van der Waals surface area contributed by atoms with Crippen molar-refractivity contribution in [2.45, 2.75) is 37.3 Å². The van der Waals surface area contributed by atoms with Gasteiger partial charge in [-0.15, -0.1) is 10.2 Å². The van der Waals surface area contributed by atoms with E-state index in [1.807, 2.05) is 18.2 Å². The monoisotopic (exact) mass is 421 g/mol. The summed E-state index contributed by atoms with van der Waals surface area (Å²) in [7, 11) is 0. The predicted molar refractivity (Wildman–Crippen MR) is 107 cm³/mol. The molecule has 0 bridgehead atoms. The van der Waals surface area contributed by atoms with Gasteiger partial charge in [0.2, 0.25) is 5.95 Å². The Balaban J connectivity index is 1.35. The molecule has 2 aliphatic rings. The van der Waals surface area contributed by atoms with E-state index in [9.17, 15) is 9.90 Å². The molecular formula is C18H19N11O2. The molecule has 0 aromatic carbocycles. The lowest BCUT2D eigenvalue weighted by Crippen LogP contribution is -2.37. The first-order chi connectivity index (χ1) is 15.2. The van der Waals surface area contributed by atoms with Gasteiger partial charge in [0.25, 0.3) is 0 Å². The van der Waals surface area contributed by atoms with Crippen molar-refractivity contribution in [2.24, 2.45) is 0 Å². The van der Waals surface area contributed by atoms with Gasteiger partial charge in [-0.1, -0.05) is 0 Å². The van der Waals surface area contributed by atoms with E-state index in [2.05, 4.69) is 41.1 Å². The molecule has 4 aromatic heterocycles. The van der Waals surface area contributed by atoms with E-state index in [4.69, 9.17) is 0 Å². The first-order valence-corrected chi connectivity index (χ1v) is 10.1. The van der Waals surface area contributed by atoms with Crippen LogP contribution in [0.5, 0.6) is 0 Å². The highest BCUT2D eigenvalue weighted by molar-refractivity contribution is 5.79. The number of aromatic amines is 1. The lowest BCUT2D eigenvalue weighted by atomic mass is 10.2. The number of carboxylic acids is 1. The van der Waals surface area contributed by atoms with Crippen molar-refractivity contribution >= 4 is 29.1 Å². The Hall–Kier alpha value is -4.03. The number of carbonyl (C=O) groups is 1. The number of aromatic nitrogens is 9. The van der Waals surface area contributed by atoms with Crippen LogP contribution >= 0.6 is 0 Å². The standard InChI is InChI=1S/C18H19N11O2/c30-17(31)14-6-11(29-9-19-25-26-29)8-27(14)18-21-16(13-2-1-5-28(13)24-18)20-15-7-12(22-23-15)10-3-4-10/h1-2,5,7,9-11,14H,3-4,6,8H2,(H,30,31)(H2,20,21,22,23,24)/t11-,14-/m0/s1. The number of rotatable bonds is 6. The second-order valence-electron chi connectivity index (χ2n) is 7.89. The predicted octanol–water partition coefficient (Wildman–Crippen LogP) is 0.964. The number of fused-ring (bicyclic) bond motifs is 1. The van der Waals surface area contributed by atoms with Gasteiger partial charge in [0, 0.05) is 36.8 Å². The third-order valence-corrected chi connectivity index (χ3v) is 5.80. The average molecular weight is 421 g/mol. The maximum atomic E-state index is 12.0. The molecule has 0 radical (unpaired) electrons. The van der Waals surface area contributed by atoms with Crippen molar-refractivity contribution in [3.05, 3.63) is 36.4 Å². The minimum absolute atomic E-state index is 0.191. The number of carboxylic acid groups (broad SMARTS) is 1. The van der Waals surface area contributed by atoms with Crippen molar-refractivity contribution in [3.63, 3.8) is 0 Å². The van der Waals surface area contributed by atoms with Crippen LogP contribution in [0.25, 0.3) is 5.52 Å². The van der Waals surface area contributed by atoms with Gasteiger partial charge >= 0.3 is 5.97 Å². The van der Waals surface area contributed by atoms with Gasteiger partial charge in [0.15, 0.2) is 11.6 Å². The smallest absolute Gasteiger partial charge is 0.326 e. The van der Waals surface area contributed by atoms with Gasteiger partial charge in [0.05, 0.1) is 6.04 Å². The van der Waals surface area contributed by atoms with Crippen LogP contribution in [-0.2, 0) is 4.79 Å². The molecular weight excluding hydrogens is 402 g/mol. The summed E-state index contributed by atoms with van der Waals surface area (Å²) < 4.78 is 3.26. The zero-order valence-corrected chi connectivity index (χ0v) is 16.3. The van der Waals surface area contributed by atoms with Gasteiger partial charge in [0.1, 0.15) is 17.9 Å². The number of anilines is 3. The average Bonchev–Trinajstić information content (AvgIpc) is 3.26. The van der Waals surface area contributed by atoms with Gasteiger partial charge < -0.3 is 15.3 Å². The molecule has 4 aromatic rings. The van der Waals surface area contributed by atoms with Crippen LogP contribution in [0.15, 0.2) is 30.7 Å². The van der Waals surface area contributed by atoms with Gasteiger partial charge in [-0.3, -0.25) is 5.10 Å². The number of nitrogens with zero attached hydrogens (tertiary/aromatic N) is 9. The third-order valence-electron chi connectivity index (χ3n) is 5.80. The summed E-state index contributed by atoms with van der Waals surface area (Å²) in [6.45, 7) is 0.377. The summed E-state index contributed by atoms with van der Waals surface area (Å²) in [5.41, 5.74) is 1.88. The first-order valence-electron chi connectivity index (χ1n) is 10.1. The topological polar surface area (TPSA) is 155 Å². The molecule has 31 heavy (non-hydrogen) atoms. The highest BCUT2D eigenvalue weighted by Crippen LogP contribution is 2.40. The second kappa shape index (κ2) is 6.75. The molecule has 1 saturated carbocycles. The van der Waals surface area contributed by atoms with Crippen LogP contribution in [0.3, 0.4) is 0 Å². The Morgan fingerprint density at radius 3 is 3.00 bits per heavy atom. The molecule has 0 amide bonds. The van der Waals surface area contributed by atoms with Crippen LogP contribution in [0.1, 0.15) is 36.9 Å².